The van der Waals surface area contributed by atoms with Crippen LogP contribution in [0.2, 0.25) is 0 Å². The van der Waals surface area contributed by atoms with Gasteiger partial charge in [-0.05, 0) is 43.7 Å². The van der Waals surface area contributed by atoms with Gasteiger partial charge in [-0.3, -0.25) is 4.79 Å². The average molecular weight is 343 g/mol. The van der Waals surface area contributed by atoms with Crippen molar-refractivity contribution in [2.24, 2.45) is 0 Å². The van der Waals surface area contributed by atoms with Crippen LogP contribution in [0.3, 0.4) is 0 Å². The summed E-state index contributed by atoms with van der Waals surface area (Å²) in [6.07, 6.45) is -0.129. The summed E-state index contributed by atoms with van der Waals surface area (Å²) in [4.78, 5) is 23.6. The van der Waals surface area contributed by atoms with Gasteiger partial charge < -0.3 is 10.1 Å². The van der Waals surface area contributed by atoms with Gasteiger partial charge in [-0.1, -0.05) is 30.3 Å². The SMILES string of the molecule is CC(C)OC(=O)c1ccc(CSCC(=O)Nc2ccccc2)cc1. The lowest BCUT2D eigenvalue weighted by atomic mass is 10.1. The van der Waals surface area contributed by atoms with Crippen molar-refractivity contribution in [3.05, 3.63) is 65.7 Å². The lowest BCUT2D eigenvalue weighted by Gasteiger charge is -2.08. The van der Waals surface area contributed by atoms with Gasteiger partial charge in [0.1, 0.15) is 0 Å². The summed E-state index contributed by atoms with van der Waals surface area (Å²) in [6.45, 7) is 3.65. The first-order chi connectivity index (χ1) is 11.5. The molecular formula is C19H21NO3S. The van der Waals surface area contributed by atoms with E-state index >= 15 is 0 Å². The molecule has 0 spiro atoms. The van der Waals surface area contributed by atoms with Crippen LogP contribution in [-0.2, 0) is 15.3 Å². The molecule has 0 aliphatic carbocycles. The molecule has 1 amide bonds. The standard InChI is InChI=1S/C19H21NO3S/c1-14(2)23-19(22)16-10-8-15(9-11-16)12-24-13-18(21)20-17-6-4-3-5-7-17/h3-11,14H,12-13H2,1-2H3,(H,20,21). The molecule has 0 atom stereocenters. The molecule has 2 aromatic carbocycles. The fourth-order valence-electron chi connectivity index (χ4n) is 2.00. The molecule has 0 aliphatic heterocycles. The third kappa shape index (κ3) is 6.08. The Balaban J connectivity index is 1.76. The second-order valence-corrected chi connectivity index (χ2v) is 6.54. The van der Waals surface area contributed by atoms with Crippen LogP contribution in [0.1, 0.15) is 29.8 Å². The quantitative estimate of drug-likeness (QED) is 0.768. The molecule has 0 radical (unpaired) electrons. The predicted molar refractivity (Wildman–Crippen MR) is 98.2 cm³/mol. The van der Waals surface area contributed by atoms with Crippen LogP contribution in [0.5, 0.6) is 0 Å². The van der Waals surface area contributed by atoms with E-state index in [4.69, 9.17) is 4.74 Å². The average Bonchev–Trinajstić information content (AvgIpc) is 2.55. The van der Waals surface area contributed by atoms with Crippen molar-refractivity contribution in [1.29, 1.82) is 0 Å². The van der Waals surface area contributed by atoms with Gasteiger partial charge in [0, 0.05) is 11.4 Å². The third-order valence-corrected chi connectivity index (χ3v) is 4.10. The molecule has 1 N–H and O–H groups in total. The van der Waals surface area contributed by atoms with Crippen molar-refractivity contribution < 1.29 is 14.3 Å². The van der Waals surface area contributed by atoms with E-state index < -0.39 is 0 Å². The molecule has 0 unspecified atom stereocenters. The number of ether oxygens (including phenoxy) is 1. The predicted octanol–water partition coefficient (Wildman–Crippen LogP) is 4.12. The monoisotopic (exact) mass is 343 g/mol. The molecule has 126 valence electrons. The van der Waals surface area contributed by atoms with Gasteiger partial charge in [0.15, 0.2) is 0 Å². The number of rotatable bonds is 7. The number of carbonyl (C=O) groups is 2. The third-order valence-electron chi connectivity index (χ3n) is 3.09. The first kappa shape index (κ1) is 18.1. The van der Waals surface area contributed by atoms with Gasteiger partial charge in [-0.15, -0.1) is 11.8 Å². The summed E-state index contributed by atoms with van der Waals surface area (Å²) in [6, 6.07) is 16.7. The summed E-state index contributed by atoms with van der Waals surface area (Å²) in [7, 11) is 0. The molecule has 2 rings (SSSR count). The number of hydrogen-bond acceptors (Lipinski definition) is 4. The van der Waals surface area contributed by atoms with Crippen molar-refractivity contribution in [2.75, 3.05) is 11.1 Å². The first-order valence-corrected chi connectivity index (χ1v) is 8.92. The number of benzene rings is 2. The number of nitrogens with one attached hydrogen (secondary N) is 1. The van der Waals surface area contributed by atoms with Crippen LogP contribution in [0.15, 0.2) is 54.6 Å². The Morgan fingerprint density at radius 3 is 2.33 bits per heavy atom. The highest BCUT2D eigenvalue weighted by molar-refractivity contribution is 7.99. The van der Waals surface area contributed by atoms with E-state index in [0.717, 1.165) is 11.3 Å². The molecule has 0 fully saturated rings. The number of hydrogen-bond donors (Lipinski definition) is 1. The van der Waals surface area contributed by atoms with E-state index in [9.17, 15) is 9.59 Å². The van der Waals surface area contributed by atoms with Gasteiger partial charge in [-0.25, -0.2) is 4.79 Å². The van der Waals surface area contributed by atoms with Crippen LogP contribution in [0, 0.1) is 0 Å². The van der Waals surface area contributed by atoms with Crippen LogP contribution in [0.25, 0.3) is 0 Å². The molecular weight excluding hydrogens is 322 g/mol. The Hall–Kier alpha value is -2.27. The van der Waals surface area contributed by atoms with Crippen molar-refractivity contribution in [3.8, 4) is 0 Å². The number of para-hydroxylation sites is 1. The number of anilines is 1. The Morgan fingerprint density at radius 1 is 1.04 bits per heavy atom. The smallest absolute Gasteiger partial charge is 0.338 e. The molecule has 0 saturated heterocycles. The minimum atomic E-state index is -0.313. The van der Waals surface area contributed by atoms with E-state index in [0.29, 0.717) is 17.1 Å². The summed E-state index contributed by atoms with van der Waals surface area (Å²) < 4.78 is 5.15. The molecule has 0 bridgehead atoms. The summed E-state index contributed by atoms with van der Waals surface area (Å²) in [5, 5.41) is 2.85. The molecule has 4 nitrogen and oxygen atoms in total. The molecule has 0 saturated carbocycles. The second-order valence-electron chi connectivity index (χ2n) is 5.56. The van der Waals surface area contributed by atoms with Crippen LogP contribution in [0.4, 0.5) is 5.69 Å². The van der Waals surface area contributed by atoms with Crippen LogP contribution >= 0.6 is 11.8 Å². The first-order valence-electron chi connectivity index (χ1n) is 7.77. The fourth-order valence-corrected chi connectivity index (χ4v) is 2.79. The van der Waals surface area contributed by atoms with Crippen molar-refractivity contribution >= 4 is 29.3 Å². The minimum Gasteiger partial charge on any atom is -0.459 e. The highest BCUT2D eigenvalue weighted by Crippen LogP contribution is 2.15. The van der Waals surface area contributed by atoms with E-state index in [1.54, 1.807) is 12.1 Å². The normalized spacial score (nSPS) is 10.5. The second kappa shape index (κ2) is 9.13. The van der Waals surface area contributed by atoms with E-state index in [1.165, 1.54) is 11.8 Å². The van der Waals surface area contributed by atoms with Gasteiger partial charge in [-0.2, -0.15) is 0 Å². The van der Waals surface area contributed by atoms with Crippen LogP contribution < -0.4 is 5.32 Å². The largest absolute Gasteiger partial charge is 0.459 e. The molecule has 0 aromatic heterocycles. The Kier molecular flexibility index (Phi) is 6.88. The van der Waals surface area contributed by atoms with Gasteiger partial charge in [0.05, 0.1) is 17.4 Å². The number of esters is 1. The van der Waals surface area contributed by atoms with Crippen molar-refractivity contribution in [3.63, 3.8) is 0 Å². The topological polar surface area (TPSA) is 55.4 Å². The van der Waals surface area contributed by atoms with Crippen molar-refractivity contribution in [1.82, 2.24) is 0 Å². The summed E-state index contributed by atoms with van der Waals surface area (Å²) in [5.74, 6) is 0.753. The number of thioether (sulfide) groups is 1. The molecule has 2 aromatic rings. The molecule has 0 aliphatic rings. The van der Waals surface area contributed by atoms with E-state index in [-0.39, 0.29) is 18.0 Å². The Morgan fingerprint density at radius 2 is 1.71 bits per heavy atom. The van der Waals surface area contributed by atoms with E-state index in [2.05, 4.69) is 5.32 Å². The number of carbonyl (C=O) groups excluding carboxylic acids is 2. The molecule has 0 heterocycles. The Bertz CT molecular complexity index is 669. The molecule has 5 heteroatoms. The zero-order chi connectivity index (χ0) is 17.4. The maximum absolute atomic E-state index is 11.9. The maximum atomic E-state index is 11.9. The van der Waals surface area contributed by atoms with E-state index in [1.807, 2.05) is 56.3 Å². The van der Waals surface area contributed by atoms with Crippen LogP contribution in [-0.4, -0.2) is 23.7 Å². The zero-order valence-corrected chi connectivity index (χ0v) is 14.6. The fraction of sp³-hybridized carbons (Fsp3) is 0.263. The minimum absolute atomic E-state index is 0.0247. The lowest BCUT2D eigenvalue weighted by Crippen LogP contribution is -2.14. The highest BCUT2D eigenvalue weighted by atomic mass is 32.2. The summed E-state index contributed by atoms with van der Waals surface area (Å²) in [5.41, 5.74) is 2.41. The van der Waals surface area contributed by atoms with Gasteiger partial charge >= 0.3 is 5.97 Å². The maximum Gasteiger partial charge on any atom is 0.338 e. The van der Waals surface area contributed by atoms with Crippen molar-refractivity contribution in [2.45, 2.75) is 25.7 Å². The highest BCUT2D eigenvalue weighted by Gasteiger charge is 2.09. The number of amides is 1. The molecule has 24 heavy (non-hydrogen) atoms. The van der Waals surface area contributed by atoms with Gasteiger partial charge in [0.25, 0.3) is 0 Å². The van der Waals surface area contributed by atoms with Gasteiger partial charge in [0.2, 0.25) is 5.91 Å². The Labute approximate surface area is 146 Å². The summed E-state index contributed by atoms with van der Waals surface area (Å²) >= 11 is 1.53. The lowest BCUT2D eigenvalue weighted by molar-refractivity contribution is -0.113. The zero-order valence-electron chi connectivity index (χ0n) is 13.8.